The second kappa shape index (κ2) is 2.62. The van der Waals surface area contributed by atoms with E-state index in [4.69, 9.17) is 9.47 Å². The van der Waals surface area contributed by atoms with E-state index >= 15 is 0 Å². The molecule has 1 aliphatic carbocycles. The van der Waals surface area contributed by atoms with Gasteiger partial charge in [-0.2, -0.15) is 0 Å². The Labute approximate surface area is 77.0 Å². The van der Waals surface area contributed by atoms with Crippen LogP contribution in [0.3, 0.4) is 0 Å². The molecule has 1 aliphatic heterocycles. The zero-order valence-electron chi connectivity index (χ0n) is 7.58. The number of carbonyl (C=O) groups is 1. The van der Waals surface area contributed by atoms with E-state index in [-0.39, 0.29) is 11.9 Å². The van der Waals surface area contributed by atoms with E-state index in [0.717, 1.165) is 12.8 Å². The minimum Gasteiger partial charge on any atom is -0.490 e. The summed E-state index contributed by atoms with van der Waals surface area (Å²) in [6, 6.07) is 0. The van der Waals surface area contributed by atoms with Crippen molar-refractivity contribution in [3.05, 3.63) is 24.5 Å². The number of carbonyl (C=O) groups excluding carboxylic acids is 1. The van der Waals surface area contributed by atoms with Gasteiger partial charge in [-0.15, -0.1) is 6.58 Å². The van der Waals surface area contributed by atoms with Crippen molar-refractivity contribution in [1.82, 2.24) is 0 Å². The van der Waals surface area contributed by atoms with Gasteiger partial charge in [-0.25, -0.2) is 4.79 Å². The lowest BCUT2D eigenvalue weighted by Crippen LogP contribution is -2.45. The molecule has 0 aromatic carbocycles. The summed E-state index contributed by atoms with van der Waals surface area (Å²) in [6.45, 7) is 3.72. The molecule has 0 N–H and O–H groups in total. The largest absolute Gasteiger partial charge is 0.490 e. The van der Waals surface area contributed by atoms with Crippen molar-refractivity contribution >= 4 is 5.97 Å². The van der Waals surface area contributed by atoms with Gasteiger partial charge in [0.2, 0.25) is 5.76 Å². The van der Waals surface area contributed by atoms with Gasteiger partial charge in [0, 0.05) is 12.0 Å². The molecule has 3 nitrogen and oxygen atoms in total. The highest BCUT2D eigenvalue weighted by molar-refractivity contribution is 5.89. The minimum atomic E-state index is -0.426. The highest BCUT2D eigenvalue weighted by Crippen LogP contribution is 2.47. The molecule has 0 saturated heterocycles. The van der Waals surface area contributed by atoms with Crippen LogP contribution in [-0.4, -0.2) is 18.7 Å². The lowest BCUT2D eigenvalue weighted by Gasteiger charge is -2.42. The third kappa shape index (κ3) is 0.996. The number of ether oxygens (including phenoxy) is 2. The van der Waals surface area contributed by atoms with E-state index in [1.54, 1.807) is 6.08 Å². The van der Waals surface area contributed by atoms with Crippen LogP contribution in [0.5, 0.6) is 0 Å². The van der Waals surface area contributed by atoms with Gasteiger partial charge in [-0.1, -0.05) is 6.08 Å². The molecule has 70 valence electrons. The predicted octanol–water partition coefficient (Wildman–Crippen LogP) is 1.41. The topological polar surface area (TPSA) is 35.5 Å². The molecule has 1 spiro atoms. The number of hydrogen-bond acceptors (Lipinski definition) is 3. The van der Waals surface area contributed by atoms with Crippen LogP contribution in [0.2, 0.25) is 0 Å². The molecule has 1 saturated carbocycles. The molecule has 2 aliphatic rings. The third-order valence-electron chi connectivity index (χ3n) is 2.84. The highest BCUT2D eigenvalue weighted by atomic mass is 16.6. The Kier molecular flexibility index (Phi) is 1.68. The number of rotatable bonds is 2. The molecule has 0 aromatic rings. The zero-order chi connectivity index (χ0) is 9.47. The van der Waals surface area contributed by atoms with Crippen LogP contribution < -0.4 is 0 Å². The van der Waals surface area contributed by atoms with Crippen molar-refractivity contribution in [2.75, 3.05) is 7.11 Å². The summed E-state index contributed by atoms with van der Waals surface area (Å²) in [4.78, 5) is 11.2. The van der Waals surface area contributed by atoms with Crippen molar-refractivity contribution in [1.29, 1.82) is 0 Å². The maximum Gasteiger partial charge on any atom is 0.374 e. The van der Waals surface area contributed by atoms with Gasteiger partial charge < -0.3 is 9.47 Å². The van der Waals surface area contributed by atoms with Crippen molar-refractivity contribution in [3.63, 3.8) is 0 Å². The van der Waals surface area contributed by atoms with Crippen molar-refractivity contribution in [3.8, 4) is 0 Å². The molecular formula is C10H12O3. The molecular weight excluding hydrogens is 168 g/mol. The maximum absolute atomic E-state index is 11.2. The van der Waals surface area contributed by atoms with Crippen molar-refractivity contribution < 1.29 is 14.3 Å². The first-order valence-electron chi connectivity index (χ1n) is 4.34. The van der Waals surface area contributed by atoms with Crippen molar-refractivity contribution in [2.45, 2.75) is 18.4 Å². The first-order chi connectivity index (χ1) is 6.22. The Hall–Kier alpha value is -1.25. The van der Waals surface area contributed by atoms with Gasteiger partial charge in [0.25, 0.3) is 0 Å². The number of esters is 1. The van der Waals surface area contributed by atoms with E-state index in [0.29, 0.717) is 5.76 Å². The van der Waals surface area contributed by atoms with Gasteiger partial charge in [-0.3, -0.25) is 0 Å². The monoisotopic (exact) mass is 180 g/mol. The fourth-order valence-corrected chi connectivity index (χ4v) is 1.89. The lowest BCUT2D eigenvalue weighted by molar-refractivity contribution is -0.159. The van der Waals surface area contributed by atoms with Gasteiger partial charge in [0.1, 0.15) is 5.60 Å². The van der Waals surface area contributed by atoms with Crippen LogP contribution in [0.15, 0.2) is 24.5 Å². The SMILES string of the molecule is C=C[C@@H]1CC[C@]12C=C(OC)C(=O)O2. The second-order valence-corrected chi connectivity index (χ2v) is 3.44. The Morgan fingerprint density at radius 2 is 2.62 bits per heavy atom. The standard InChI is InChI=1S/C10H12O3/c1-3-7-4-5-10(7)6-8(12-2)9(11)13-10/h3,6-7H,1,4-5H2,2H3/t7-,10+/m1/s1. The minimum absolute atomic E-state index is 0.254. The molecule has 0 aromatic heterocycles. The number of methoxy groups -OCH3 is 1. The van der Waals surface area contributed by atoms with Crippen LogP contribution in [0, 0.1) is 5.92 Å². The number of hydrogen-bond donors (Lipinski definition) is 0. The summed E-state index contributed by atoms with van der Waals surface area (Å²) < 4.78 is 10.2. The van der Waals surface area contributed by atoms with E-state index in [2.05, 4.69) is 6.58 Å². The Bertz CT molecular complexity index is 293. The summed E-state index contributed by atoms with van der Waals surface area (Å²) in [6.07, 6.45) is 5.53. The molecule has 2 atom stereocenters. The first kappa shape index (κ1) is 8.35. The molecule has 13 heavy (non-hydrogen) atoms. The Morgan fingerprint density at radius 1 is 1.85 bits per heavy atom. The molecule has 0 bridgehead atoms. The van der Waals surface area contributed by atoms with Crippen LogP contribution in [0.1, 0.15) is 12.8 Å². The summed E-state index contributed by atoms with van der Waals surface area (Å²) in [5, 5.41) is 0. The second-order valence-electron chi connectivity index (χ2n) is 3.44. The van der Waals surface area contributed by atoms with Crippen LogP contribution in [0.25, 0.3) is 0 Å². The van der Waals surface area contributed by atoms with E-state index < -0.39 is 5.60 Å². The van der Waals surface area contributed by atoms with Crippen LogP contribution in [0.4, 0.5) is 0 Å². The summed E-state index contributed by atoms with van der Waals surface area (Å²) in [5.41, 5.74) is -0.426. The van der Waals surface area contributed by atoms with Gasteiger partial charge in [-0.05, 0) is 12.8 Å². The average Bonchev–Trinajstić information content (AvgIpc) is 2.44. The smallest absolute Gasteiger partial charge is 0.374 e. The van der Waals surface area contributed by atoms with Gasteiger partial charge in [0.05, 0.1) is 7.11 Å². The molecule has 0 unspecified atom stereocenters. The molecule has 0 radical (unpaired) electrons. The average molecular weight is 180 g/mol. The highest BCUT2D eigenvalue weighted by Gasteiger charge is 2.52. The third-order valence-corrected chi connectivity index (χ3v) is 2.84. The molecule has 3 heteroatoms. The van der Waals surface area contributed by atoms with E-state index in [1.807, 2.05) is 6.08 Å². The molecule has 1 fully saturated rings. The van der Waals surface area contributed by atoms with Gasteiger partial charge in [0.15, 0.2) is 0 Å². The normalized spacial score (nSPS) is 36.5. The molecule has 2 rings (SSSR count). The van der Waals surface area contributed by atoms with Crippen molar-refractivity contribution in [2.24, 2.45) is 5.92 Å². The fraction of sp³-hybridized carbons (Fsp3) is 0.500. The lowest BCUT2D eigenvalue weighted by atomic mass is 9.69. The van der Waals surface area contributed by atoms with Crippen LogP contribution in [-0.2, 0) is 14.3 Å². The Morgan fingerprint density at radius 3 is 3.00 bits per heavy atom. The zero-order valence-corrected chi connectivity index (χ0v) is 7.58. The molecule has 0 amide bonds. The van der Waals surface area contributed by atoms with Crippen LogP contribution >= 0.6 is 0 Å². The summed E-state index contributed by atoms with van der Waals surface area (Å²) in [7, 11) is 1.48. The maximum atomic E-state index is 11.2. The predicted molar refractivity (Wildman–Crippen MR) is 46.8 cm³/mol. The quantitative estimate of drug-likeness (QED) is 0.476. The van der Waals surface area contributed by atoms with Gasteiger partial charge >= 0.3 is 5.97 Å². The summed E-state index contributed by atoms with van der Waals surface area (Å²) >= 11 is 0. The Balaban J connectivity index is 2.24. The summed E-state index contributed by atoms with van der Waals surface area (Å²) in [5.74, 6) is 0.227. The fourth-order valence-electron chi connectivity index (χ4n) is 1.89. The molecule has 1 heterocycles. The van der Waals surface area contributed by atoms with E-state index in [9.17, 15) is 4.79 Å². The van der Waals surface area contributed by atoms with E-state index in [1.165, 1.54) is 7.11 Å². The first-order valence-corrected chi connectivity index (χ1v) is 4.34.